The van der Waals surface area contributed by atoms with Crippen molar-refractivity contribution in [3.05, 3.63) is 67.3 Å². The Balaban J connectivity index is 1.71. The molecule has 0 radical (unpaired) electrons. The van der Waals surface area contributed by atoms with Crippen molar-refractivity contribution in [1.29, 1.82) is 0 Å². The summed E-state index contributed by atoms with van der Waals surface area (Å²) in [6.45, 7) is 7.26. The number of fused-ring (bicyclic) bond motifs is 1. The van der Waals surface area contributed by atoms with Crippen LogP contribution in [0.2, 0.25) is 0 Å². The molecule has 0 aliphatic rings. The van der Waals surface area contributed by atoms with Crippen LogP contribution in [0.5, 0.6) is 5.75 Å². The van der Waals surface area contributed by atoms with E-state index in [0.29, 0.717) is 28.8 Å². The number of hydrogen-bond donors (Lipinski definition) is 2. The van der Waals surface area contributed by atoms with Gasteiger partial charge in [-0.2, -0.15) is 0 Å². The maximum absolute atomic E-state index is 12.2. The number of amides is 1. The maximum Gasteiger partial charge on any atom is 0.247 e. The summed E-state index contributed by atoms with van der Waals surface area (Å²) in [6, 6.07) is 11.5. The summed E-state index contributed by atoms with van der Waals surface area (Å²) < 4.78 is 7.78. The highest BCUT2D eigenvalue weighted by atomic mass is 16.5. The summed E-state index contributed by atoms with van der Waals surface area (Å²) in [5.74, 6) is 1.62. The summed E-state index contributed by atoms with van der Waals surface area (Å²) in [5.41, 5.74) is 4.50. The second-order valence-electron chi connectivity index (χ2n) is 9.06. The number of imidazole rings is 1. The lowest BCUT2D eigenvalue weighted by atomic mass is 10.2. The molecule has 38 heavy (non-hydrogen) atoms. The number of likely N-dealkylation sites (N-methyl/N-ethyl adjacent to an activating group) is 2. The molecule has 0 aliphatic carbocycles. The molecule has 198 valence electrons. The van der Waals surface area contributed by atoms with E-state index in [0.717, 1.165) is 42.2 Å². The van der Waals surface area contributed by atoms with Crippen molar-refractivity contribution < 1.29 is 9.53 Å². The minimum Gasteiger partial charge on any atom is -0.494 e. The molecule has 0 aliphatic heterocycles. The molecule has 0 fully saturated rings. The number of aryl methyl sites for hydroxylation is 1. The fraction of sp³-hybridized carbons (Fsp3) is 0.286. The van der Waals surface area contributed by atoms with Crippen LogP contribution in [-0.4, -0.2) is 71.5 Å². The summed E-state index contributed by atoms with van der Waals surface area (Å²) in [7, 11) is 7.62. The van der Waals surface area contributed by atoms with Crippen molar-refractivity contribution in [3.63, 3.8) is 0 Å². The molecule has 10 nitrogen and oxygen atoms in total. The number of ether oxygens (including phenoxy) is 1. The average molecular weight is 515 g/mol. The minimum atomic E-state index is -0.306. The predicted molar refractivity (Wildman–Crippen MR) is 153 cm³/mol. The zero-order valence-corrected chi connectivity index (χ0v) is 22.5. The standard InChI is InChI=1S/C28H34N8O2/c1-7-25-33-27(22-11-9-10-14-36(22)25)19-12-13-29-28(31-19)32-21-17-20(30-26(37)8-2)23(18-24(21)38-6)35(5)16-15-34(3)4/h8-14,17-18H,2,7,15-16H2,1,3-6H3,(H,30,37)(H,29,31,32). The zero-order valence-electron chi connectivity index (χ0n) is 22.5. The van der Waals surface area contributed by atoms with Crippen LogP contribution in [0.25, 0.3) is 16.9 Å². The average Bonchev–Trinajstić information content (AvgIpc) is 3.31. The van der Waals surface area contributed by atoms with E-state index in [2.05, 4.69) is 43.3 Å². The van der Waals surface area contributed by atoms with Crippen LogP contribution in [0.1, 0.15) is 12.7 Å². The Morgan fingerprint density at radius 1 is 1.13 bits per heavy atom. The topological polar surface area (TPSA) is 99.9 Å². The number of pyridine rings is 1. The first kappa shape index (κ1) is 26.6. The number of nitrogens with one attached hydrogen (secondary N) is 2. The van der Waals surface area contributed by atoms with Gasteiger partial charge in [0.1, 0.15) is 17.3 Å². The molecule has 10 heteroatoms. The predicted octanol–water partition coefficient (Wildman–Crippen LogP) is 4.23. The first-order valence-electron chi connectivity index (χ1n) is 12.4. The molecule has 0 saturated heterocycles. The van der Waals surface area contributed by atoms with Gasteiger partial charge in [0.15, 0.2) is 0 Å². The van der Waals surface area contributed by atoms with Crippen molar-refractivity contribution in [2.45, 2.75) is 13.3 Å². The Labute approximate surface area is 223 Å². The molecule has 4 aromatic rings. The van der Waals surface area contributed by atoms with Crippen LogP contribution in [0, 0.1) is 0 Å². The van der Waals surface area contributed by atoms with Crippen LogP contribution in [0.3, 0.4) is 0 Å². The van der Waals surface area contributed by atoms with E-state index in [1.54, 1.807) is 13.3 Å². The third-order valence-electron chi connectivity index (χ3n) is 6.14. The molecular formula is C28H34N8O2. The fourth-order valence-corrected chi connectivity index (χ4v) is 4.12. The van der Waals surface area contributed by atoms with Gasteiger partial charge in [-0.3, -0.25) is 4.79 Å². The van der Waals surface area contributed by atoms with Gasteiger partial charge in [0.2, 0.25) is 11.9 Å². The number of hydrogen-bond acceptors (Lipinski definition) is 8. The van der Waals surface area contributed by atoms with Crippen molar-refractivity contribution in [3.8, 4) is 17.1 Å². The number of nitrogens with zero attached hydrogens (tertiary/aromatic N) is 6. The number of benzene rings is 1. The highest BCUT2D eigenvalue weighted by Crippen LogP contribution is 2.38. The Morgan fingerprint density at radius 2 is 1.95 bits per heavy atom. The van der Waals surface area contributed by atoms with Crippen LogP contribution >= 0.6 is 0 Å². The Kier molecular flexibility index (Phi) is 8.22. The summed E-state index contributed by atoms with van der Waals surface area (Å²) in [6.07, 6.45) is 5.74. The van der Waals surface area contributed by atoms with E-state index in [4.69, 9.17) is 14.7 Å². The highest BCUT2D eigenvalue weighted by molar-refractivity contribution is 6.02. The van der Waals surface area contributed by atoms with Crippen molar-refractivity contribution in [1.82, 2.24) is 24.3 Å². The van der Waals surface area contributed by atoms with Gasteiger partial charge >= 0.3 is 0 Å². The largest absolute Gasteiger partial charge is 0.494 e. The number of anilines is 4. The molecule has 4 rings (SSSR count). The molecule has 1 amide bonds. The van der Waals surface area contributed by atoms with Crippen LogP contribution < -0.4 is 20.3 Å². The second kappa shape index (κ2) is 11.7. The SMILES string of the molecule is C=CC(=O)Nc1cc(Nc2nccc(-c3nc(CC)n4ccccc34)n2)c(OC)cc1N(C)CCN(C)C. The lowest BCUT2D eigenvalue weighted by Crippen LogP contribution is -2.29. The van der Waals surface area contributed by atoms with Gasteiger partial charge in [0, 0.05) is 45.0 Å². The van der Waals surface area contributed by atoms with Crippen LogP contribution in [-0.2, 0) is 11.2 Å². The first-order chi connectivity index (χ1) is 18.3. The van der Waals surface area contributed by atoms with Gasteiger partial charge in [0.05, 0.1) is 35.4 Å². The third kappa shape index (κ3) is 5.76. The zero-order chi connectivity index (χ0) is 27.2. The minimum absolute atomic E-state index is 0.306. The van der Waals surface area contributed by atoms with Gasteiger partial charge in [-0.25, -0.2) is 15.0 Å². The van der Waals surface area contributed by atoms with E-state index in [1.807, 2.05) is 63.7 Å². The summed E-state index contributed by atoms with van der Waals surface area (Å²) in [5, 5.41) is 6.18. The molecule has 3 heterocycles. The molecule has 0 bridgehead atoms. The Bertz CT molecular complexity index is 1450. The van der Waals surface area contributed by atoms with E-state index in [9.17, 15) is 4.79 Å². The van der Waals surface area contributed by atoms with Crippen LogP contribution in [0.4, 0.5) is 23.0 Å². The van der Waals surface area contributed by atoms with E-state index in [-0.39, 0.29) is 5.91 Å². The van der Waals surface area contributed by atoms with Crippen molar-refractivity contribution >= 4 is 34.4 Å². The third-order valence-corrected chi connectivity index (χ3v) is 6.14. The van der Waals surface area contributed by atoms with Gasteiger partial charge in [0.25, 0.3) is 0 Å². The monoisotopic (exact) mass is 514 g/mol. The highest BCUT2D eigenvalue weighted by Gasteiger charge is 2.18. The fourth-order valence-electron chi connectivity index (χ4n) is 4.12. The summed E-state index contributed by atoms with van der Waals surface area (Å²) >= 11 is 0. The molecule has 0 unspecified atom stereocenters. The van der Waals surface area contributed by atoms with E-state index in [1.165, 1.54) is 6.08 Å². The number of methoxy groups -OCH3 is 1. The van der Waals surface area contributed by atoms with Crippen molar-refractivity contribution in [2.24, 2.45) is 0 Å². The molecule has 0 spiro atoms. The molecule has 2 N–H and O–H groups in total. The lowest BCUT2D eigenvalue weighted by molar-refractivity contribution is -0.111. The van der Waals surface area contributed by atoms with Crippen LogP contribution in [0.15, 0.2) is 61.4 Å². The smallest absolute Gasteiger partial charge is 0.247 e. The first-order valence-corrected chi connectivity index (χ1v) is 12.4. The normalized spacial score (nSPS) is 11.0. The summed E-state index contributed by atoms with van der Waals surface area (Å²) in [4.78, 5) is 30.4. The van der Waals surface area contributed by atoms with E-state index < -0.39 is 0 Å². The van der Waals surface area contributed by atoms with Gasteiger partial charge < -0.3 is 29.6 Å². The number of carbonyl (C=O) groups excluding carboxylic acids is 1. The van der Waals surface area contributed by atoms with Gasteiger partial charge in [-0.15, -0.1) is 0 Å². The van der Waals surface area contributed by atoms with Gasteiger partial charge in [-0.1, -0.05) is 19.6 Å². The quantitative estimate of drug-likeness (QED) is 0.287. The molecule has 0 atom stereocenters. The maximum atomic E-state index is 12.2. The Hall–Kier alpha value is -4.44. The molecule has 1 aromatic carbocycles. The number of carbonyl (C=O) groups is 1. The van der Waals surface area contributed by atoms with Crippen molar-refractivity contribution in [2.75, 3.05) is 56.9 Å². The molecule has 3 aromatic heterocycles. The van der Waals surface area contributed by atoms with E-state index >= 15 is 0 Å². The van der Waals surface area contributed by atoms with Gasteiger partial charge in [-0.05, 0) is 44.4 Å². The number of aromatic nitrogens is 4. The lowest BCUT2D eigenvalue weighted by Gasteiger charge is -2.26. The molecule has 0 saturated carbocycles. The molecular weight excluding hydrogens is 480 g/mol. The Morgan fingerprint density at radius 3 is 2.66 bits per heavy atom. The number of rotatable bonds is 11. The second-order valence-corrected chi connectivity index (χ2v) is 9.06.